The molecule has 1 unspecified atom stereocenters. The molecule has 2 aromatic rings. The molecular formula is C20H15ClO. The van der Waals surface area contributed by atoms with E-state index in [9.17, 15) is 4.79 Å². The van der Waals surface area contributed by atoms with E-state index in [0.29, 0.717) is 0 Å². The molecule has 2 aliphatic carbocycles. The van der Waals surface area contributed by atoms with Crippen molar-refractivity contribution >= 4 is 23.0 Å². The smallest absolute Gasteiger partial charge is 0.185 e. The molecule has 0 saturated carbocycles. The number of hydrogen-bond acceptors (Lipinski definition) is 1. The van der Waals surface area contributed by atoms with Crippen molar-refractivity contribution in [3.63, 3.8) is 0 Å². The van der Waals surface area contributed by atoms with Crippen molar-refractivity contribution < 1.29 is 4.79 Å². The number of benzene rings is 2. The first-order valence-corrected chi connectivity index (χ1v) is 7.88. The van der Waals surface area contributed by atoms with Crippen molar-refractivity contribution in [2.75, 3.05) is 0 Å². The average Bonchev–Trinajstić information content (AvgIpc) is 2.97. The minimum absolute atomic E-state index is 0.101. The first-order chi connectivity index (χ1) is 10.7. The Morgan fingerprint density at radius 2 is 1.77 bits per heavy atom. The molecule has 1 nitrogen and oxygen atoms in total. The number of carbonyl (C=O) groups is 1. The van der Waals surface area contributed by atoms with Gasteiger partial charge in [0, 0.05) is 16.0 Å². The fourth-order valence-electron chi connectivity index (χ4n) is 3.70. The van der Waals surface area contributed by atoms with Crippen molar-refractivity contribution in [1.29, 1.82) is 0 Å². The maximum absolute atomic E-state index is 12.2. The van der Waals surface area contributed by atoms with Crippen LogP contribution in [0.25, 0.3) is 5.57 Å². The highest BCUT2D eigenvalue weighted by molar-refractivity contribution is 6.30. The van der Waals surface area contributed by atoms with Crippen LogP contribution in [0.3, 0.4) is 0 Å². The monoisotopic (exact) mass is 306 g/mol. The summed E-state index contributed by atoms with van der Waals surface area (Å²) >= 11 is 6.02. The Balaban J connectivity index is 1.91. The second-order valence-corrected chi connectivity index (χ2v) is 6.31. The molecule has 22 heavy (non-hydrogen) atoms. The quantitative estimate of drug-likeness (QED) is 0.707. The van der Waals surface area contributed by atoms with Gasteiger partial charge in [-0.2, -0.15) is 0 Å². The number of carbonyl (C=O) groups excluding carboxylic acids is 1. The molecule has 2 heteroatoms. The Labute approximate surface area is 134 Å². The summed E-state index contributed by atoms with van der Waals surface area (Å²) in [6.07, 6.45) is 8.14. The summed E-state index contributed by atoms with van der Waals surface area (Å²) in [4.78, 5) is 12.2. The lowest BCUT2D eigenvalue weighted by Gasteiger charge is -2.34. The van der Waals surface area contributed by atoms with Crippen LogP contribution in [0.2, 0.25) is 5.02 Å². The topological polar surface area (TPSA) is 17.1 Å². The molecule has 0 fully saturated rings. The average molecular weight is 307 g/mol. The predicted octanol–water partition coefficient (Wildman–Crippen LogP) is 5.21. The Morgan fingerprint density at radius 3 is 2.59 bits per heavy atom. The van der Waals surface area contributed by atoms with Gasteiger partial charge in [-0.1, -0.05) is 60.2 Å². The van der Waals surface area contributed by atoms with Crippen molar-refractivity contribution in [3.8, 4) is 0 Å². The van der Waals surface area contributed by atoms with Crippen LogP contribution in [0.4, 0.5) is 0 Å². The zero-order valence-corrected chi connectivity index (χ0v) is 12.8. The molecular weight excluding hydrogens is 292 g/mol. The van der Waals surface area contributed by atoms with Crippen LogP contribution >= 0.6 is 11.6 Å². The molecule has 1 spiro atoms. The Hall–Kier alpha value is -2.12. The molecule has 0 aliphatic heterocycles. The molecule has 0 heterocycles. The van der Waals surface area contributed by atoms with Crippen LogP contribution < -0.4 is 0 Å². The summed E-state index contributed by atoms with van der Waals surface area (Å²) in [6.45, 7) is 0. The van der Waals surface area contributed by atoms with Gasteiger partial charge < -0.3 is 0 Å². The van der Waals surface area contributed by atoms with Gasteiger partial charge in [-0.15, -0.1) is 0 Å². The van der Waals surface area contributed by atoms with Gasteiger partial charge in [0.1, 0.15) is 0 Å². The summed E-state index contributed by atoms with van der Waals surface area (Å²) in [5.41, 5.74) is 4.22. The maximum atomic E-state index is 12.2. The SMILES string of the molecule is O=C1C=CC2(CCC=C2c2ccc(Cl)cc2)c2ccccc21. The molecule has 2 aromatic carbocycles. The lowest BCUT2D eigenvalue weighted by atomic mass is 9.68. The van der Waals surface area contributed by atoms with Crippen molar-refractivity contribution in [1.82, 2.24) is 0 Å². The van der Waals surface area contributed by atoms with Gasteiger partial charge in [0.15, 0.2) is 5.78 Å². The van der Waals surface area contributed by atoms with Crippen molar-refractivity contribution in [2.45, 2.75) is 18.3 Å². The molecule has 0 bridgehead atoms. The molecule has 0 N–H and O–H groups in total. The Morgan fingerprint density at radius 1 is 1.00 bits per heavy atom. The van der Waals surface area contributed by atoms with E-state index in [4.69, 9.17) is 11.6 Å². The highest BCUT2D eigenvalue weighted by Crippen LogP contribution is 2.50. The minimum atomic E-state index is -0.182. The number of hydrogen-bond donors (Lipinski definition) is 0. The van der Waals surface area contributed by atoms with E-state index in [1.807, 2.05) is 30.3 Å². The normalized spacial score (nSPS) is 22.8. The largest absolute Gasteiger partial charge is 0.289 e. The molecule has 108 valence electrons. The lowest BCUT2D eigenvalue weighted by molar-refractivity contribution is 0.104. The van der Waals surface area contributed by atoms with E-state index >= 15 is 0 Å². The predicted molar refractivity (Wildman–Crippen MR) is 90.3 cm³/mol. The van der Waals surface area contributed by atoms with Gasteiger partial charge in [0.05, 0.1) is 0 Å². The molecule has 0 saturated heterocycles. The second-order valence-electron chi connectivity index (χ2n) is 5.88. The van der Waals surface area contributed by atoms with E-state index < -0.39 is 0 Å². The van der Waals surface area contributed by atoms with E-state index in [-0.39, 0.29) is 11.2 Å². The molecule has 0 radical (unpaired) electrons. The van der Waals surface area contributed by atoms with Gasteiger partial charge in [-0.05, 0) is 47.8 Å². The zero-order chi connectivity index (χ0) is 15.2. The highest BCUT2D eigenvalue weighted by atomic mass is 35.5. The highest BCUT2D eigenvalue weighted by Gasteiger charge is 2.41. The van der Waals surface area contributed by atoms with Crippen LogP contribution in [-0.2, 0) is 5.41 Å². The van der Waals surface area contributed by atoms with Crippen LogP contribution in [0.15, 0.2) is 66.8 Å². The maximum Gasteiger partial charge on any atom is 0.185 e. The van der Waals surface area contributed by atoms with Gasteiger partial charge in [0.2, 0.25) is 0 Å². The van der Waals surface area contributed by atoms with Gasteiger partial charge >= 0.3 is 0 Å². The summed E-state index contributed by atoms with van der Waals surface area (Å²) in [5.74, 6) is 0.101. The molecule has 0 aromatic heterocycles. The van der Waals surface area contributed by atoms with E-state index in [1.54, 1.807) is 6.08 Å². The summed E-state index contributed by atoms with van der Waals surface area (Å²) in [7, 11) is 0. The van der Waals surface area contributed by atoms with Crippen LogP contribution in [0.1, 0.15) is 34.3 Å². The lowest BCUT2D eigenvalue weighted by Crippen LogP contribution is -2.28. The fourth-order valence-corrected chi connectivity index (χ4v) is 3.83. The van der Waals surface area contributed by atoms with E-state index in [1.165, 1.54) is 11.1 Å². The van der Waals surface area contributed by atoms with Crippen LogP contribution in [0.5, 0.6) is 0 Å². The zero-order valence-electron chi connectivity index (χ0n) is 12.1. The van der Waals surface area contributed by atoms with Crippen molar-refractivity contribution in [2.24, 2.45) is 0 Å². The summed E-state index contributed by atoms with van der Waals surface area (Å²) < 4.78 is 0. The van der Waals surface area contributed by atoms with Crippen LogP contribution in [0, 0.1) is 0 Å². The number of halogens is 1. The van der Waals surface area contributed by atoms with Crippen molar-refractivity contribution in [3.05, 3.63) is 88.5 Å². The summed E-state index contributed by atoms with van der Waals surface area (Å²) in [6, 6.07) is 15.9. The third kappa shape index (κ3) is 1.89. The van der Waals surface area contributed by atoms with E-state index in [0.717, 1.165) is 29.0 Å². The number of allylic oxidation sites excluding steroid dienone is 4. The van der Waals surface area contributed by atoms with Gasteiger partial charge in [0.25, 0.3) is 0 Å². The third-order valence-corrected chi connectivity index (χ3v) is 4.97. The third-order valence-electron chi connectivity index (χ3n) is 4.72. The number of rotatable bonds is 1. The standard InChI is InChI=1S/C20H15ClO/c21-15-9-7-14(8-10-15)17-6-3-12-20(17)13-11-19(22)16-4-1-2-5-18(16)20/h1-2,4-11,13H,3,12H2. The van der Waals surface area contributed by atoms with Gasteiger partial charge in [-0.3, -0.25) is 4.79 Å². The Kier molecular flexibility index (Phi) is 3.05. The molecule has 1 atom stereocenters. The number of fused-ring (bicyclic) bond motifs is 2. The second kappa shape index (κ2) is 4.96. The fraction of sp³-hybridized carbons (Fsp3) is 0.150. The van der Waals surface area contributed by atoms with E-state index in [2.05, 4.69) is 30.4 Å². The molecule has 0 amide bonds. The first kappa shape index (κ1) is 13.5. The Bertz CT molecular complexity index is 814. The molecule has 4 rings (SSSR count). The van der Waals surface area contributed by atoms with Crippen LogP contribution in [-0.4, -0.2) is 5.78 Å². The minimum Gasteiger partial charge on any atom is -0.289 e. The number of ketones is 1. The first-order valence-electron chi connectivity index (χ1n) is 7.50. The summed E-state index contributed by atoms with van der Waals surface area (Å²) in [5, 5.41) is 0.742. The molecule has 2 aliphatic rings. The van der Waals surface area contributed by atoms with Gasteiger partial charge in [-0.25, -0.2) is 0 Å².